The molecule has 0 saturated carbocycles. The van der Waals surface area contributed by atoms with E-state index in [4.69, 9.17) is 5.73 Å². The van der Waals surface area contributed by atoms with E-state index in [1.54, 1.807) is 29.2 Å². The van der Waals surface area contributed by atoms with Crippen LogP contribution in [0.25, 0.3) is 16.5 Å². The molecular formula is C18H17FN2O2S. The van der Waals surface area contributed by atoms with Crippen molar-refractivity contribution in [2.24, 2.45) is 11.7 Å². The van der Waals surface area contributed by atoms with Gasteiger partial charge in [-0.05, 0) is 30.7 Å². The number of halogens is 1. The van der Waals surface area contributed by atoms with Crippen LogP contribution in [0.15, 0.2) is 42.5 Å². The number of rotatable bonds is 4. The van der Waals surface area contributed by atoms with Crippen LogP contribution in [-0.2, 0) is 9.59 Å². The lowest BCUT2D eigenvalue weighted by Crippen LogP contribution is -2.30. The molecule has 0 spiro atoms. The Balaban J connectivity index is 1.67. The molecule has 1 saturated heterocycles. The molecule has 0 radical (unpaired) electrons. The van der Waals surface area contributed by atoms with Crippen LogP contribution in [0.3, 0.4) is 0 Å². The number of carbonyl (C=O) groups excluding carboxylic acids is 2. The van der Waals surface area contributed by atoms with E-state index in [0.717, 1.165) is 9.75 Å². The Bertz CT molecular complexity index is 800. The summed E-state index contributed by atoms with van der Waals surface area (Å²) >= 11 is 1.42. The van der Waals surface area contributed by atoms with E-state index in [2.05, 4.69) is 0 Å². The fraction of sp³-hybridized carbons (Fsp3) is 0.222. The van der Waals surface area contributed by atoms with Gasteiger partial charge in [0.05, 0.1) is 5.92 Å². The number of hydrogen-bond donors (Lipinski definition) is 1. The van der Waals surface area contributed by atoms with Crippen molar-refractivity contribution < 1.29 is 14.0 Å². The molecule has 0 bridgehead atoms. The number of benzene rings is 1. The summed E-state index contributed by atoms with van der Waals surface area (Å²) < 4.78 is 13.8. The number of primary amides is 1. The molecule has 2 aromatic rings. The lowest BCUT2D eigenvalue weighted by molar-refractivity contribution is -0.125. The summed E-state index contributed by atoms with van der Waals surface area (Å²) in [5, 5.41) is 0. The molecular weight excluding hydrogens is 327 g/mol. The summed E-state index contributed by atoms with van der Waals surface area (Å²) in [6.45, 7) is 0.922. The predicted octanol–water partition coefficient (Wildman–Crippen LogP) is 2.90. The number of carbonyl (C=O) groups is 2. The standard InChI is InChI=1S/C18H17FN2O2S/c19-15-4-2-1-3-14(15)16-7-5-13(24-16)6-8-17(22)21-10-9-12(11-21)18(20)23/h1-8,12H,9-11H2,(H2,20,23)/b8-6-/t12-/m0/s1. The van der Waals surface area contributed by atoms with Crippen molar-refractivity contribution in [1.29, 1.82) is 0 Å². The number of nitrogens with two attached hydrogens (primary N) is 1. The topological polar surface area (TPSA) is 63.4 Å². The van der Waals surface area contributed by atoms with Gasteiger partial charge in [0.2, 0.25) is 11.8 Å². The molecule has 1 aromatic carbocycles. The Morgan fingerprint density at radius 1 is 1.25 bits per heavy atom. The minimum Gasteiger partial charge on any atom is -0.369 e. The maximum absolute atomic E-state index is 13.8. The first-order chi connectivity index (χ1) is 11.5. The molecule has 2 amide bonds. The average molecular weight is 344 g/mol. The van der Waals surface area contributed by atoms with E-state index in [-0.39, 0.29) is 23.5 Å². The van der Waals surface area contributed by atoms with Gasteiger partial charge in [0.25, 0.3) is 0 Å². The van der Waals surface area contributed by atoms with Crippen molar-refractivity contribution in [3.8, 4) is 10.4 Å². The Morgan fingerprint density at radius 3 is 2.75 bits per heavy atom. The Kier molecular flexibility index (Phi) is 4.76. The smallest absolute Gasteiger partial charge is 0.246 e. The second-order valence-corrected chi connectivity index (χ2v) is 6.80. The maximum atomic E-state index is 13.8. The second kappa shape index (κ2) is 6.97. The zero-order valence-corrected chi connectivity index (χ0v) is 13.8. The van der Waals surface area contributed by atoms with Gasteiger partial charge in [0.1, 0.15) is 5.82 Å². The lowest BCUT2D eigenvalue weighted by Gasteiger charge is -2.12. The number of thiophene rings is 1. The van der Waals surface area contributed by atoms with Crippen LogP contribution < -0.4 is 5.73 Å². The van der Waals surface area contributed by atoms with E-state index in [1.807, 2.05) is 12.1 Å². The fourth-order valence-electron chi connectivity index (χ4n) is 2.70. The van der Waals surface area contributed by atoms with Crippen molar-refractivity contribution in [3.63, 3.8) is 0 Å². The van der Waals surface area contributed by atoms with Gasteiger partial charge in [0.15, 0.2) is 0 Å². The molecule has 1 aliphatic heterocycles. The molecule has 6 heteroatoms. The van der Waals surface area contributed by atoms with Crippen molar-refractivity contribution in [3.05, 3.63) is 53.2 Å². The maximum Gasteiger partial charge on any atom is 0.246 e. The highest BCUT2D eigenvalue weighted by Gasteiger charge is 2.28. The van der Waals surface area contributed by atoms with Gasteiger partial charge in [0, 0.05) is 34.5 Å². The molecule has 1 fully saturated rings. The van der Waals surface area contributed by atoms with E-state index in [1.165, 1.54) is 23.5 Å². The van der Waals surface area contributed by atoms with Crippen LogP contribution >= 0.6 is 11.3 Å². The van der Waals surface area contributed by atoms with Crippen LogP contribution in [0.1, 0.15) is 11.3 Å². The summed E-state index contributed by atoms with van der Waals surface area (Å²) in [6, 6.07) is 10.3. The molecule has 1 aromatic heterocycles. The minimum absolute atomic E-state index is 0.139. The Morgan fingerprint density at radius 2 is 2.04 bits per heavy atom. The minimum atomic E-state index is -0.359. The molecule has 0 aliphatic carbocycles. The van der Waals surface area contributed by atoms with Gasteiger partial charge in [-0.2, -0.15) is 0 Å². The van der Waals surface area contributed by atoms with E-state index < -0.39 is 0 Å². The number of amides is 2. The second-order valence-electron chi connectivity index (χ2n) is 5.69. The Hall–Kier alpha value is -2.47. The zero-order valence-electron chi connectivity index (χ0n) is 12.9. The molecule has 0 unspecified atom stereocenters. The zero-order chi connectivity index (χ0) is 17.1. The van der Waals surface area contributed by atoms with Gasteiger partial charge >= 0.3 is 0 Å². The first-order valence-corrected chi connectivity index (χ1v) is 8.47. The fourth-order valence-corrected chi connectivity index (χ4v) is 3.64. The summed E-state index contributed by atoms with van der Waals surface area (Å²) in [6.07, 6.45) is 3.82. The summed E-state index contributed by atoms with van der Waals surface area (Å²) in [7, 11) is 0. The monoisotopic (exact) mass is 344 g/mol. The highest BCUT2D eigenvalue weighted by Crippen LogP contribution is 2.30. The molecule has 124 valence electrons. The van der Waals surface area contributed by atoms with Crippen molar-refractivity contribution >= 4 is 29.2 Å². The highest BCUT2D eigenvalue weighted by molar-refractivity contribution is 7.16. The van der Waals surface area contributed by atoms with Crippen LogP contribution in [-0.4, -0.2) is 29.8 Å². The van der Waals surface area contributed by atoms with E-state index >= 15 is 0 Å². The largest absolute Gasteiger partial charge is 0.369 e. The molecule has 1 atom stereocenters. The van der Waals surface area contributed by atoms with Crippen LogP contribution in [0.5, 0.6) is 0 Å². The number of likely N-dealkylation sites (tertiary alicyclic amines) is 1. The SMILES string of the molecule is NC(=O)[C@H]1CCN(C(=O)/C=C\c2ccc(-c3ccccc3F)s2)C1. The third-order valence-corrected chi connectivity index (χ3v) is 5.14. The highest BCUT2D eigenvalue weighted by atomic mass is 32.1. The van der Waals surface area contributed by atoms with Crippen molar-refractivity contribution in [2.45, 2.75) is 6.42 Å². The predicted molar refractivity (Wildman–Crippen MR) is 92.6 cm³/mol. The number of nitrogens with zero attached hydrogens (tertiary/aromatic N) is 1. The van der Waals surface area contributed by atoms with Crippen LogP contribution in [0.4, 0.5) is 4.39 Å². The summed E-state index contributed by atoms with van der Waals surface area (Å²) in [5.74, 6) is -1.01. The third-order valence-electron chi connectivity index (χ3n) is 4.06. The van der Waals surface area contributed by atoms with Gasteiger partial charge < -0.3 is 10.6 Å². The third kappa shape index (κ3) is 3.54. The molecule has 3 rings (SSSR count). The molecule has 24 heavy (non-hydrogen) atoms. The molecule has 4 nitrogen and oxygen atoms in total. The normalized spacial score (nSPS) is 17.5. The lowest BCUT2D eigenvalue weighted by atomic mass is 10.1. The first-order valence-electron chi connectivity index (χ1n) is 7.65. The summed E-state index contributed by atoms with van der Waals surface area (Å²) in [4.78, 5) is 26.6. The Labute approximate surface area is 143 Å². The van der Waals surface area contributed by atoms with Crippen LogP contribution in [0.2, 0.25) is 0 Å². The van der Waals surface area contributed by atoms with Gasteiger partial charge in [-0.15, -0.1) is 11.3 Å². The van der Waals surface area contributed by atoms with Crippen LogP contribution in [0, 0.1) is 11.7 Å². The summed E-state index contributed by atoms with van der Waals surface area (Å²) in [5.41, 5.74) is 5.82. The van der Waals surface area contributed by atoms with E-state index in [9.17, 15) is 14.0 Å². The molecule has 2 heterocycles. The van der Waals surface area contributed by atoms with Gasteiger partial charge in [-0.1, -0.05) is 18.2 Å². The van der Waals surface area contributed by atoms with Gasteiger partial charge in [-0.25, -0.2) is 4.39 Å². The average Bonchev–Trinajstić information content (AvgIpc) is 3.22. The molecule has 1 aliphatic rings. The quantitative estimate of drug-likeness (QED) is 0.867. The molecule has 2 N–H and O–H groups in total. The van der Waals surface area contributed by atoms with Gasteiger partial charge in [-0.3, -0.25) is 9.59 Å². The first kappa shape index (κ1) is 16.4. The number of hydrogen-bond acceptors (Lipinski definition) is 3. The van der Waals surface area contributed by atoms with E-state index in [0.29, 0.717) is 25.1 Å². The van der Waals surface area contributed by atoms with Crippen molar-refractivity contribution in [2.75, 3.05) is 13.1 Å². The van der Waals surface area contributed by atoms with Crippen molar-refractivity contribution in [1.82, 2.24) is 4.90 Å².